The number of rotatable bonds is 10. The van der Waals surface area contributed by atoms with Gasteiger partial charge in [0.2, 0.25) is 15.9 Å². The molecule has 0 saturated heterocycles. The van der Waals surface area contributed by atoms with Crippen molar-refractivity contribution in [2.45, 2.75) is 24.7 Å². The summed E-state index contributed by atoms with van der Waals surface area (Å²) in [6.07, 6.45) is 0.941. The molecule has 0 atom stereocenters. The van der Waals surface area contributed by atoms with Gasteiger partial charge in [-0.3, -0.25) is 4.79 Å². The van der Waals surface area contributed by atoms with Gasteiger partial charge in [-0.25, -0.2) is 8.42 Å². The molecule has 0 saturated carbocycles. The molecule has 0 bridgehead atoms. The molecule has 0 aromatic heterocycles. The maximum atomic E-state index is 13.0. The van der Waals surface area contributed by atoms with Gasteiger partial charge in [0, 0.05) is 19.7 Å². The number of aryl methyl sites for hydroxylation is 1. The van der Waals surface area contributed by atoms with E-state index < -0.39 is 10.0 Å². The minimum absolute atomic E-state index is 0.0281. The topological polar surface area (TPSA) is 86.7 Å². The van der Waals surface area contributed by atoms with Crippen LogP contribution in [0.2, 0.25) is 0 Å². The molecular formula is C20H26N2O4S. The average molecular weight is 391 g/mol. The van der Waals surface area contributed by atoms with Crippen LogP contribution >= 0.6 is 0 Å². The Labute approximate surface area is 160 Å². The first-order valence-electron chi connectivity index (χ1n) is 8.92. The summed E-state index contributed by atoms with van der Waals surface area (Å²) in [6, 6.07) is 16.2. The lowest BCUT2D eigenvalue weighted by molar-refractivity contribution is -0.121. The van der Waals surface area contributed by atoms with Crippen molar-refractivity contribution in [1.29, 1.82) is 0 Å². The van der Waals surface area contributed by atoms with Gasteiger partial charge in [-0.15, -0.1) is 0 Å². The predicted octanol–water partition coefficient (Wildman–Crippen LogP) is 1.73. The molecule has 0 heterocycles. The average Bonchev–Trinajstić information content (AvgIpc) is 2.66. The zero-order valence-corrected chi connectivity index (χ0v) is 16.3. The van der Waals surface area contributed by atoms with Gasteiger partial charge in [0.05, 0.1) is 11.4 Å². The van der Waals surface area contributed by atoms with Crippen molar-refractivity contribution in [2.75, 3.05) is 26.2 Å². The Balaban J connectivity index is 2.16. The maximum Gasteiger partial charge on any atom is 0.243 e. The summed E-state index contributed by atoms with van der Waals surface area (Å²) in [6.45, 7) is 2.12. The summed E-state index contributed by atoms with van der Waals surface area (Å²) >= 11 is 0. The molecule has 0 aliphatic heterocycles. The minimum Gasteiger partial charge on any atom is -0.396 e. The first-order valence-corrected chi connectivity index (χ1v) is 10.4. The highest BCUT2D eigenvalue weighted by Gasteiger charge is 2.26. The minimum atomic E-state index is -3.79. The predicted molar refractivity (Wildman–Crippen MR) is 105 cm³/mol. The lowest BCUT2D eigenvalue weighted by Gasteiger charge is -2.22. The number of nitrogens with one attached hydrogen (secondary N) is 1. The van der Waals surface area contributed by atoms with Gasteiger partial charge in [0.1, 0.15) is 0 Å². The SMILES string of the molecule is Cc1ccc(S(=O)(=O)N(CCc2ccccc2)CC(=O)NCCCO)cc1. The van der Waals surface area contributed by atoms with Gasteiger partial charge < -0.3 is 10.4 Å². The molecule has 6 nitrogen and oxygen atoms in total. The summed E-state index contributed by atoms with van der Waals surface area (Å²) in [4.78, 5) is 12.3. The summed E-state index contributed by atoms with van der Waals surface area (Å²) in [5, 5.41) is 11.5. The number of aliphatic hydroxyl groups is 1. The van der Waals surface area contributed by atoms with Crippen molar-refractivity contribution in [3.05, 3.63) is 65.7 Å². The summed E-state index contributed by atoms with van der Waals surface area (Å²) < 4.78 is 27.3. The maximum absolute atomic E-state index is 13.0. The lowest BCUT2D eigenvalue weighted by atomic mass is 10.1. The number of carbonyl (C=O) groups excluding carboxylic acids is 1. The van der Waals surface area contributed by atoms with Crippen LogP contribution < -0.4 is 5.32 Å². The Hall–Kier alpha value is -2.22. The fourth-order valence-corrected chi connectivity index (χ4v) is 3.96. The molecule has 0 fully saturated rings. The van der Waals surface area contributed by atoms with Gasteiger partial charge >= 0.3 is 0 Å². The fraction of sp³-hybridized carbons (Fsp3) is 0.350. The van der Waals surface area contributed by atoms with Crippen LogP contribution in [0.1, 0.15) is 17.5 Å². The molecule has 146 valence electrons. The Morgan fingerprint density at radius 2 is 1.74 bits per heavy atom. The number of hydrogen-bond acceptors (Lipinski definition) is 4. The Morgan fingerprint density at radius 3 is 2.37 bits per heavy atom. The fourth-order valence-electron chi connectivity index (χ4n) is 2.56. The summed E-state index contributed by atoms with van der Waals surface area (Å²) in [7, 11) is -3.79. The van der Waals surface area contributed by atoms with E-state index in [1.54, 1.807) is 24.3 Å². The van der Waals surface area contributed by atoms with E-state index in [2.05, 4.69) is 5.32 Å². The third-order valence-electron chi connectivity index (χ3n) is 4.13. The zero-order chi connectivity index (χ0) is 19.7. The summed E-state index contributed by atoms with van der Waals surface area (Å²) in [5.41, 5.74) is 1.97. The van der Waals surface area contributed by atoms with Crippen molar-refractivity contribution in [3.63, 3.8) is 0 Å². The highest BCUT2D eigenvalue weighted by molar-refractivity contribution is 7.89. The second kappa shape index (κ2) is 10.2. The third kappa shape index (κ3) is 6.46. The lowest BCUT2D eigenvalue weighted by Crippen LogP contribution is -2.42. The van der Waals surface area contributed by atoms with Crippen LogP contribution in [-0.2, 0) is 21.2 Å². The Bertz CT molecular complexity index is 821. The summed E-state index contributed by atoms with van der Waals surface area (Å²) in [5.74, 6) is -0.382. The van der Waals surface area contributed by atoms with Crippen LogP contribution in [0, 0.1) is 6.92 Å². The number of aliphatic hydroxyl groups excluding tert-OH is 1. The Kier molecular flexibility index (Phi) is 7.97. The van der Waals surface area contributed by atoms with Crippen molar-refractivity contribution in [3.8, 4) is 0 Å². The second-order valence-electron chi connectivity index (χ2n) is 6.31. The van der Waals surface area contributed by atoms with Gasteiger partial charge in [0.15, 0.2) is 0 Å². The van der Waals surface area contributed by atoms with E-state index >= 15 is 0 Å². The Morgan fingerprint density at radius 1 is 1.07 bits per heavy atom. The number of carbonyl (C=O) groups is 1. The number of nitrogens with zero attached hydrogens (tertiary/aromatic N) is 1. The molecule has 0 radical (unpaired) electrons. The molecule has 1 amide bonds. The quantitative estimate of drug-likeness (QED) is 0.605. The molecule has 27 heavy (non-hydrogen) atoms. The van der Waals surface area contributed by atoms with Crippen molar-refractivity contribution in [1.82, 2.24) is 9.62 Å². The first-order chi connectivity index (χ1) is 12.9. The van der Waals surface area contributed by atoms with Crippen molar-refractivity contribution in [2.24, 2.45) is 0 Å². The van der Waals surface area contributed by atoms with E-state index in [4.69, 9.17) is 5.11 Å². The molecule has 2 N–H and O–H groups in total. The molecule has 0 aliphatic carbocycles. The van der Waals surface area contributed by atoms with Gasteiger partial charge in [-0.2, -0.15) is 4.31 Å². The highest BCUT2D eigenvalue weighted by atomic mass is 32.2. The van der Waals surface area contributed by atoms with E-state index in [1.165, 1.54) is 4.31 Å². The van der Waals surface area contributed by atoms with Crippen LogP contribution in [-0.4, -0.2) is 50.0 Å². The molecular weight excluding hydrogens is 364 g/mol. The zero-order valence-electron chi connectivity index (χ0n) is 15.5. The van der Waals surface area contributed by atoms with Crippen LogP contribution in [0.15, 0.2) is 59.5 Å². The van der Waals surface area contributed by atoms with E-state index in [9.17, 15) is 13.2 Å². The second-order valence-corrected chi connectivity index (χ2v) is 8.25. The standard InChI is InChI=1S/C20H26N2O4S/c1-17-8-10-19(11-9-17)27(25,26)22(16-20(24)21-13-5-15-23)14-12-18-6-3-2-4-7-18/h2-4,6-11,23H,5,12-16H2,1H3,(H,21,24). The van der Waals surface area contributed by atoms with Crippen LogP contribution in [0.4, 0.5) is 0 Å². The molecule has 7 heteroatoms. The largest absolute Gasteiger partial charge is 0.396 e. The molecule has 2 aromatic carbocycles. The van der Waals surface area contributed by atoms with E-state index in [0.717, 1.165) is 11.1 Å². The van der Waals surface area contributed by atoms with Gasteiger partial charge in [-0.1, -0.05) is 48.0 Å². The van der Waals surface area contributed by atoms with Crippen LogP contribution in [0.5, 0.6) is 0 Å². The van der Waals surface area contributed by atoms with Crippen molar-refractivity contribution < 1.29 is 18.3 Å². The smallest absolute Gasteiger partial charge is 0.243 e. The van der Waals surface area contributed by atoms with Gasteiger partial charge in [-0.05, 0) is 37.5 Å². The van der Waals surface area contributed by atoms with Crippen LogP contribution in [0.25, 0.3) is 0 Å². The monoisotopic (exact) mass is 390 g/mol. The molecule has 2 rings (SSSR count). The van der Waals surface area contributed by atoms with E-state index in [0.29, 0.717) is 19.4 Å². The number of benzene rings is 2. The number of hydrogen-bond donors (Lipinski definition) is 2. The molecule has 2 aromatic rings. The molecule has 0 spiro atoms. The molecule has 0 unspecified atom stereocenters. The first kappa shape index (κ1) is 21.1. The van der Waals surface area contributed by atoms with Crippen molar-refractivity contribution >= 4 is 15.9 Å². The third-order valence-corrected chi connectivity index (χ3v) is 5.99. The number of amides is 1. The van der Waals surface area contributed by atoms with Crippen LogP contribution in [0.3, 0.4) is 0 Å². The van der Waals surface area contributed by atoms with E-state index in [1.807, 2.05) is 37.3 Å². The van der Waals surface area contributed by atoms with E-state index in [-0.39, 0.29) is 30.5 Å². The number of sulfonamides is 1. The molecule has 0 aliphatic rings. The normalized spacial score (nSPS) is 11.5. The highest BCUT2D eigenvalue weighted by Crippen LogP contribution is 2.17. The van der Waals surface area contributed by atoms with Gasteiger partial charge in [0.25, 0.3) is 0 Å².